The van der Waals surface area contributed by atoms with Crippen LogP contribution in [0.15, 0.2) is 231 Å². The number of nitrogens with zero attached hydrogens (tertiary/aromatic N) is 3. The first-order chi connectivity index (χ1) is 26.3. The maximum Gasteiger partial charge on any atom is 1.00 e. The van der Waals surface area contributed by atoms with Gasteiger partial charge in [0.25, 0.3) is 0 Å². The van der Waals surface area contributed by atoms with Gasteiger partial charge in [0, 0.05) is 12.4 Å². The van der Waals surface area contributed by atoms with Crippen molar-refractivity contribution in [3.05, 3.63) is 231 Å². The Morgan fingerprint density at radius 2 is 0.704 bits per heavy atom. The summed E-state index contributed by atoms with van der Waals surface area (Å²) in [5, 5.41) is 17.7. The van der Waals surface area contributed by atoms with Gasteiger partial charge in [0.1, 0.15) is 31.8 Å². The molecule has 0 fully saturated rings. The summed E-state index contributed by atoms with van der Waals surface area (Å²) < 4.78 is 0. The predicted octanol–water partition coefficient (Wildman–Crippen LogP) is 8.61. The third-order valence-corrected chi connectivity index (χ3v) is 14.2. The van der Waals surface area contributed by atoms with E-state index in [9.17, 15) is 0 Å². The van der Waals surface area contributed by atoms with Crippen molar-refractivity contribution in [3.8, 4) is 11.3 Å². The molecule has 0 spiro atoms. The van der Waals surface area contributed by atoms with Crippen LogP contribution in [0.4, 0.5) is 0 Å². The molecule has 0 aliphatic carbocycles. The molecule has 0 saturated heterocycles. The van der Waals surface area contributed by atoms with Gasteiger partial charge in [-0.1, -0.05) is 133 Å². The summed E-state index contributed by atoms with van der Waals surface area (Å²) in [4.78, 5) is 4.31. The first kappa shape index (κ1) is 38.3. The van der Waals surface area contributed by atoms with Crippen molar-refractivity contribution in [1.29, 1.82) is 0 Å². The largest absolute Gasteiger partial charge is 1.00 e. The fourth-order valence-electron chi connectivity index (χ4n) is 6.28. The molecule has 3 nitrogen and oxygen atoms in total. The van der Waals surface area contributed by atoms with E-state index < -0.39 is 15.8 Å². The first-order valence-corrected chi connectivity index (χ1v) is 20.7. The van der Waals surface area contributed by atoms with Crippen LogP contribution in [-0.2, 0) is 17.1 Å². The zero-order valence-electron chi connectivity index (χ0n) is 29.6. The second-order valence-corrected chi connectivity index (χ2v) is 17.2. The van der Waals surface area contributed by atoms with Crippen LogP contribution in [0.5, 0.6) is 0 Å². The van der Waals surface area contributed by atoms with Crippen molar-refractivity contribution < 1.29 is 17.1 Å². The summed E-state index contributed by atoms with van der Waals surface area (Å²) in [7, 11) is -1.75. The molecular weight excluding hydrogens is 744 g/mol. The van der Waals surface area contributed by atoms with Gasteiger partial charge in [-0.15, -0.1) is 5.52 Å². The molecule has 0 aliphatic heterocycles. The van der Waals surface area contributed by atoms with Gasteiger partial charge in [-0.05, 0) is 95.9 Å². The number of fused-ring (bicyclic) bond motifs is 1. The third-order valence-electron chi connectivity index (χ3n) is 8.74. The van der Waals surface area contributed by atoms with Crippen LogP contribution in [0.1, 0.15) is 0 Å². The third kappa shape index (κ3) is 9.94. The average molecular weight is 784 g/mol. The Bertz CT molecular complexity index is 2080. The molecular formula is C48H40CuN3P2+2. The van der Waals surface area contributed by atoms with Crippen LogP contribution in [0.3, 0.4) is 0 Å². The van der Waals surface area contributed by atoms with E-state index in [1.165, 1.54) is 31.8 Å². The summed E-state index contributed by atoms with van der Waals surface area (Å²) in [6, 6.07) is 76.9. The van der Waals surface area contributed by atoms with Gasteiger partial charge in [-0.3, -0.25) is 4.98 Å². The minimum atomic E-state index is -0.877. The van der Waals surface area contributed by atoms with E-state index >= 15 is 0 Å². The molecule has 0 bridgehead atoms. The number of hydrogen-bond donors (Lipinski definition) is 0. The fraction of sp³-hybridized carbons (Fsp3) is 0. The summed E-state index contributed by atoms with van der Waals surface area (Å²) in [6.45, 7) is 0. The van der Waals surface area contributed by atoms with Crippen molar-refractivity contribution >= 4 is 58.6 Å². The monoisotopic (exact) mass is 783 g/mol. The van der Waals surface area contributed by atoms with Crippen LogP contribution in [0.2, 0.25) is 0 Å². The molecule has 0 radical (unpaired) electrons. The smallest absolute Gasteiger partial charge is 0.574 e. The molecule has 0 atom stereocenters. The van der Waals surface area contributed by atoms with Crippen LogP contribution in [0, 0.1) is 0 Å². The van der Waals surface area contributed by atoms with Crippen molar-refractivity contribution in [1.82, 2.24) is 15.2 Å². The van der Waals surface area contributed by atoms with Gasteiger partial charge in [-0.2, -0.15) is 0 Å². The zero-order valence-corrected chi connectivity index (χ0v) is 32.5. The van der Waals surface area contributed by atoms with Gasteiger partial charge in [0.05, 0.1) is 21.5 Å². The van der Waals surface area contributed by atoms with Gasteiger partial charge in [-0.25, -0.2) is 0 Å². The van der Waals surface area contributed by atoms with Crippen LogP contribution in [0.25, 0.3) is 22.2 Å². The zero-order chi connectivity index (χ0) is 35.9. The Kier molecular flexibility index (Phi) is 14.3. The van der Waals surface area contributed by atoms with E-state index in [2.05, 4.69) is 197 Å². The Morgan fingerprint density at radius 1 is 0.352 bits per heavy atom. The summed E-state index contributed by atoms with van der Waals surface area (Å²) in [5.74, 6) is 0. The molecule has 266 valence electrons. The number of rotatable bonds is 7. The molecule has 2 aromatic heterocycles. The number of hydrogen-bond acceptors (Lipinski definition) is 2. The van der Waals surface area contributed by atoms with E-state index in [1.807, 2.05) is 36.4 Å². The second kappa shape index (κ2) is 20.1. The average Bonchev–Trinajstić information content (AvgIpc) is 3.74. The Labute approximate surface area is 331 Å². The standard InChI is InChI=1S/2C18H15P.C12H8N3.Cu/c2*1-4-10-16(11-5-1)19(17-12-6-2-7-13-17)18-14-8-3-9-15-18;1-2-7-13-11(6-1)10-5-3-4-9-8-14-15-12(9)10;/h2*1-15H;1-8H;/q;;-1;+1/p+2. The molecule has 54 heavy (non-hydrogen) atoms. The quantitative estimate of drug-likeness (QED) is 0.120. The van der Waals surface area contributed by atoms with E-state index in [4.69, 9.17) is 0 Å². The molecule has 7 aromatic carbocycles. The summed E-state index contributed by atoms with van der Waals surface area (Å²) >= 11 is 0. The van der Waals surface area contributed by atoms with Crippen molar-refractivity contribution in [2.45, 2.75) is 0 Å². The molecule has 0 N–H and O–H groups in total. The molecule has 6 heteroatoms. The Morgan fingerprint density at radius 3 is 1.04 bits per heavy atom. The second-order valence-electron chi connectivity index (χ2n) is 12.2. The molecule has 9 aromatic rings. The minimum Gasteiger partial charge on any atom is -0.574 e. The SMILES string of the molecule is [Cu+].c1ccc(-c2cccc3cn[n-]c23)nc1.c1ccc([PH+](c2ccccc2)c2ccccc2)cc1.c1ccc([PH+](c2ccccc2)c2ccccc2)cc1. The maximum absolute atomic E-state index is 4.31. The topological polar surface area (TPSA) is 39.9 Å². The van der Waals surface area contributed by atoms with E-state index in [-0.39, 0.29) is 17.1 Å². The first-order valence-electron chi connectivity index (χ1n) is 17.7. The van der Waals surface area contributed by atoms with Crippen molar-refractivity contribution in [2.24, 2.45) is 0 Å². The van der Waals surface area contributed by atoms with Gasteiger partial charge >= 0.3 is 17.1 Å². The molecule has 2 heterocycles. The van der Waals surface area contributed by atoms with E-state index in [0.29, 0.717) is 0 Å². The molecule has 0 amide bonds. The molecule has 0 saturated carbocycles. The van der Waals surface area contributed by atoms with Crippen LogP contribution < -0.4 is 36.9 Å². The summed E-state index contributed by atoms with van der Waals surface area (Å²) in [6.07, 6.45) is 3.55. The Hall–Kier alpha value is -5.46. The summed E-state index contributed by atoms with van der Waals surface area (Å²) in [5.41, 5.74) is 2.88. The molecule has 9 rings (SSSR count). The fourth-order valence-corrected chi connectivity index (χ4v) is 11.4. The predicted molar refractivity (Wildman–Crippen MR) is 231 cm³/mol. The minimum absolute atomic E-state index is 0. The van der Waals surface area contributed by atoms with Gasteiger partial charge < -0.3 is 10.2 Å². The number of aromatic nitrogens is 3. The van der Waals surface area contributed by atoms with Crippen molar-refractivity contribution in [2.75, 3.05) is 0 Å². The Balaban J connectivity index is 0.000000138. The van der Waals surface area contributed by atoms with Crippen LogP contribution >= 0.6 is 15.8 Å². The normalized spacial score (nSPS) is 10.4. The van der Waals surface area contributed by atoms with Gasteiger partial charge in [0.15, 0.2) is 0 Å². The van der Waals surface area contributed by atoms with E-state index in [1.54, 1.807) is 12.4 Å². The number of pyridine rings is 1. The number of benzene rings is 7. The molecule has 0 aliphatic rings. The van der Waals surface area contributed by atoms with Gasteiger partial charge in [0.2, 0.25) is 0 Å². The van der Waals surface area contributed by atoms with Crippen LogP contribution in [-0.4, -0.2) is 10.1 Å². The van der Waals surface area contributed by atoms with E-state index in [0.717, 1.165) is 22.2 Å². The maximum atomic E-state index is 4.31. The van der Waals surface area contributed by atoms with Crippen molar-refractivity contribution in [3.63, 3.8) is 0 Å². The molecule has 0 unspecified atom stereocenters.